The molecule has 0 aliphatic rings. The number of hydrogen-bond acceptors (Lipinski definition) is 4. The van der Waals surface area contributed by atoms with Crippen molar-refractivity contribution in [3.05, 3.63) is 59.1 Å². The Hall–Kier alpha value is -2.81. The Morgan fingerprint density at radius 3 is 2.50 bits per heavy atom. The molecule has 2 amide bonds. The molecular formula is C17H14F3N3O2S. The molecule has 2 aromatic carbocycles. The Bertz CT molecular complexity index is 878. The van der Waals surface area contributed by atoms with Crippen LogP contribution in [0.2, 0.25) is 0 Å². The van der Waals surface area contributed by atoms with Crippen molar-refractivity contribution in [1.82, 2.24) is 15.6 Å². The molecule has 3 aromatic rings. The van der Waals surface area contributed by atoms with Gasteiger partial charge in [0.25, 0.3) is 0 Å². The number of nitrogens with zero attached hydrogens (tertiary/aromatic N) is 1. The van der Waals surface area contributed by atoms with Crippen LogP contribution in [0.25, 0.3) is 10.2 Å². The third kappa shape index (κ3) is 4.85. The molecule has 0 saturated heterocycles. The van der Waals surface area contributed by atoms with Crippen LogP contribution in [0.15, 0.2) is 48.5 Å². The molecule has 3 rings (SSSR count). The molecule has 0 aliphatic carbocycles. The van der Waals surface area contributed by atoms with Crippen molar-refractivity contribution in [3.8, 4) is 5.75 Å². The van der Waals surface area contributed by atoms with Crippen molar-refractivity contribution in [3.63, 3.8) is 0 Å². The summed E-state index contributed by atoms with van der Waals surface area (Å²) in [7, 11) is 0. The van der Waals surface area contributed by atoms with E-state index in [0.29, 0.717) is 0 Å². The second-order valence-electron chi connectivity index (χ2n) is 5.27. The largest absolute Gasteiger partial charge is 0.573 e. The summed E-state index contributed by atoms with van der Waals surface area (Å²) < 4.78 is 42.1. The molecule has 0 aliphatic heterocycles. The van der Waals surface area contributed by atoms with E-state index in [2.05, 4.69) is 20.4 Å². The fourth-order valence-electron chi connectivity index (χ4n) is 2.26. The van der Waals surface area contributed by atoms with Crippen LogP contribution in [0.4, 0.5) is 18.0 Å². The van der Waals surface area contributed by atoms with E-state index in [1.54, 1.807) is 6.07 Å². The second kappa shape index (κ2) is 7.61. The van der Waals surface area contributed by atoms with Gasteiger partial charge in [0.1, 0.15) is 10.8 Å². The smallest absolute Gasteiger partial charge is 0.405 e. The summed E-state index contributed by atoms with van der Waals surface area (Å²) in [6.07, 6.45) is -4.79. The van der Waals surface area contributed by atoms with Gasteiger partial charge in [-0.25, -0.2) is 9.78 Å². The molecule has 0 bridgehead atoms. The number of thiazole rings is 1. The van der Waals surface area contributed by atoms with E-state index >= 15 is 0 Å². The van der Waals surface area contributed by atoms with Crippen molar-refractivity contribution in [2.75, 3.05) is 0 Å². The van der Waals surface area contributed by atoms with Gasteiger partial charge in [0, 0.05) is 12.1 Å². The predicted molar refractivity (Wildman–Crippen MR) is 91.8 cm³/mol. The minimum Gasteiger partial charge on any atom is -0.405 e. The Morgan fingerprint density at radius 1 is 1.04 bits per heavy atom. The number of para-hydroxylation sites is 2. The third-order valence-electron chi connectivity index (χ3n) is 3.38. The zero-order valence-corrected chi connectivity index (χ0v) is 14.2. The van der Waals surface area contributed by atoms with E-state index in [-0.39, 0.29) is 24.4 Å². The summed E-state index contributed by atoms with van der Waals surface area (Å²) in [5.74, 6) is -0.341. The van der Waals surface area contributed by atoms with Crippen molar-refractivity contribution in [2.45, 2.75) is 19.5 Å². The first-order valence-electron chi connectivity index (χ1n) is 7.60. The van der Waals surface area contributed by atoms with Gasteiger partial charge >= 0.3 is 12.4 Å². The lowest BCUT2D eigenvalue weighted by Gasteiger charge is -2.13. The molecule has 5 nitrogen and oxygen atoms in total. The Balaban J connectivity index is 1.54. The van der Waals surface area contributed by atoms with Crippen LogP contribution in [0, 0.1) is 0 Å². The van der Waals surface area contributed by atoms with E-state index in [0.717, 1.165) is 15.2 Å². The number of hydrogen-bond donors (Lipinski definition) is 2. The highest BCUT2D eigenvalue weighted by Crippen LogP contribution is 2.26. The highest BCUT2D eigenvalue weighted by molar-refractivity contribution is 7.18. The number of fused-ring (bicyclic) bond motifs is 1. The minimum absolute atomic E-state index is 0.0993. The van der Waals surface area contributed by atoms with Crippen molar-refractivity contribution in [1.29, 1.82) is 0 Å². The van der Waals surface area contributed by atoms with Gasteiger partial charge in [-0.2, -0.15) is 0 Å². The van der Waals surface area contributed by atoms with E-state index in [1.807, 2.05) is 24.3 Å². The number of amides is 2. The fraction of sp³-hybridized carbons (Fsp3) is 0.176. The van der Waals surface area contributed by atoms with Crippen LogP contribution in [0.3, 0.4) is 0 Å². The van der Waals surface area contributed by atoms with Crippen LogP contribution in [0.1, 0.15) is 10.6 Å². The number of urea groups is 1. The molecule has 9 heteroatoms. The molecule has 1 heterocycles. The molecule has 0 fully saturated rings. The van der Waals surface area contributed by atoms with Gasteiger partial charge < -0.3 is 15.4 Å². The Labute approximate surface area is 150 Å². The third-order valence-corrected chi connectivity index (χ3v) is 4.41. The monoisotopic (exact) mass is 381 g/mol. The quantitative estimate of drug-likeness (QED) is 0.696. The summed E-state index contributed by atoms with van der Waals surface area (Å²) in [5, 5.41) is 5.88. The van der Waals surface area contributed by atoms with E-state index in [4.69, 9.17) is 0 Å². The van der Waals surface area contributed by atoms with Crippen molar-refractivity contribution in [2.24, 2.45) is 0 Å². The highest BCUT2D eigenvalue weighted by Gasteiger charge is 2.31. The number of carbonyl (C=O) groups excluding carboxylic acids is 1. The predicted octanol–water partition coefficient (Wildman–Crippen LogP) is 4.19. The van der Waals surface area contributed by atoms with Crippen molar-refractivity contribution < 1.29 is 22.7 Å². The van der Waals surface area contributed by atoms with E-state index in [9.17, 15) is 18.0 Å². The van der Waals surface area contributed by atoms with Crippen LogP contribution >= 0.6 is 11.3 Å². The van der Waals surface area contributed by atoms with Crippen LogP contribution in [0.5, 0.6) is 5.75 Å². The lowest BCUT2D eigenvalue weighted by atomic mass is 10.2. The molecule has 0 unspecified atom stereocenters. The molecule has 0 atom stereocenters. The second-order valence-corrected chi connectivity index (χ2v) is 6.38. The van der Waals surface area contributed by atoms with Gasteiger partial charge in [0.05, 0.1) is 16.8 Å². The Kier molecular flexibility index (Phi) is 5.27. The zero-order valence-electron chi connectivity index (χ0n) is 13.3. The molecule has 136 valence electrons. The first-order chi connectivity index (χ1) is 12.4. The number of rotatable bonds is 5. The first kappa shape index (κ1) is 18.0. The maximum absolute atomic E-state index is 12.4. The molecular weight excluding hydrogens is 367 g/mol. The normalized spacial score (nSPS) is 11.3. The summed E-state index contributed by atoms with van der Waals surface area (Å²) in [5.41, 5.74) is 1.08. The number of ether oxygens (including phenoxy) is 1. The zero-order chi connectivity index (χ0) is 18.6. The topological polar surface area (TPSA) is 63.2 Å². The van der Waals surface area contributed by atoms with Crippen LogP contribution in [-0.2, 0) is 13.1 Å². The lowest BCUT2D eigenvalue weighted by molar-refractivity contribution is -0.274. The number of nitrogens with one attached hydrogen (secondary N) is 2. The first-order valence-corrected chi connectivity index (χ1v) is 8.42. The summed E-state index contributed by atoms with van der Waals surface area (Å²) in [4.78, 5) is 16.3. The summed E-state index contributed by atoms with van der Waals surface area (Å²) >= 11 is 1.46. The number of halogens is 3. The molecule has 1 aromatic heterocycles. The number of alkyl halides is 3. The molecule has 0 radical (unpaired) electrons. The van der Waals surface area contributed by atoms with E-state index in [1.165, 1.54) is 29.5 Å². The molecule has 0 spiro atoms. The Morgan fingerprint density at radius 2 is 1.73 bits per heavy atom. The summed E-state index contributed by atoms with van der Waals surface area (Å²) in [6, 6.07) is 12.7. The van der Waals surface area contributed by atoms with Crippen LogP contribution < -0.4 is 15.4 Å². The van der Waals surface area contributed by atoms with Crippen LogP contribution in [-0.4, -0.2) is 17.4 Å². The van der Waals surface area contributed by atoms with Gasteiger partial charge in [-0.15, -0.1) is 24.5 Å². The van der Waals surface area contributed by atoms with E-state index < -0.39 is 12.4 Å². The molecule has 2 N–H and O–H groups in total. The van der Waals surface area contributed by atoms with Gasteiger partial charge in [-0.05, 0) is 18.2 Å². The fourth-order valence-corrected chi connectivity index (χ4v) is 3.17. The average molecular weight is 381 g/mol. The number of carbonyl (C=O) groups is 1. The maximum Gasteiger partial charge on any atom is 0.573 e. The number of aromatic nitrogens is 1. The van der Waals surface area contributed by atoms with Gasteiger partial charge in [-0.3, -0.25) is 0 Å². The molecule has 26 heavy (non-hydrogen) atoms. The van der Waals surface area contributed by atoms with Gasteiger partial charge in [-0.1, -0.05) is 30.3 Å². The van der Waals surface area contributed by atoms with Crippen molar-refractivity contribution >= 4 is 27.6 Å². The van der Waals surface area contributed by atoms with Gasteiger partial charge in [0.15, 0.2) is 0 Å². The highest BCUT2D eigenvalue weighted by atomic mass is 32.1. The SMILES string of the molecule is O=C(NCc1nc2ccccc2s1)NCc1ccccc1OC(F)(F)F. The standard InChI is InChI=1S/C17H14F3N3O2S/c18-17(19,20)25-13-7-3-1-5-11(13)9-21-16(24)22-10-15-23-12-6-2-4-8-14(12)26-15/h1-8H,9-10H2,(H2,21,22,24). The molecule has 0 saturated carbocycles. The summed E-state index contributed by atoms with van der Waals surface area (Å²) in [6.45, 7) is 0.129. The lowest BCUT2D eigenvalue weighted by Crippen LogP contribution is -2.34. The van der Waals surface area contributed by atoms with Gasteiger partial charge in [0.2, 0.25) is 0 Å². The minimum atomic E-state index is -4.79. The maximum atomic E-state index is 12.4. The number of benzene rings is 2. The average Bonchev–Trinajstić information content (AvgIpc) is 3.01.